The number of hydrogen-bond acceptors (Lipinski definition) is 3. The Balaban J connectivity index is 1.83. The van der Waals surface area contributed by atoms with E-state index in [1.54, 1.807) is 18.2 Å². The lowest BCUT2D eigenvalue weighted by atomic mass is 9.79. The molecule has 0 amide bonds. The van der Waals surface area contributed by atoms with Gasteiger partial charge < -0.3 is 9.84 Å². The van der Waals surface area contributed by atoms with Crippen LogP contribution < -0.4 is 0 Å². The normalized spacial score (nSPS) is 25.8. The molecule has 22 heavy (non-hydrogen) atoms. The fraction of sp³-hybridized carbons (Fsp3) is 0.588. The zero-order valence-corrected chi connectivity index (χ0v) is 12.6. The molecule has 0 spiro atoms. The zero-order valence-electron chi connectivity index (χ0n) is 12.6. The minimum absolute atomic E-state index is 0.289. The van der Waals surface area contributed by atoms with Gasteiger partial charge in [0.25, 0.3) is 0 Å². The monoisotopic (exact) mass is 307 g/mol. The van der Waals surface area contributed by atoms with Crippen LogP contribution in [0.4, 0.5) is 4.39 Å². The Morgan fingerprint density at radius 3 is 2.68 bits per heavy atom. The molecule has 120 valence electrons. The van der Waals surface area contributed by atoms with Gasteiger partial charge in [-0.1, -0.05) is 37.5 Å². The highest BCUT2D eigenvalue weighted by atomic mass is 19.1. The molecule has 1 unspecified atom stereocenters. The highest BCUT2D eigenvalue weighted by molar-refractivity contribution is 5.79. The maximum Gasteiger partial charge on any atom is 0.324 e. The van der Waals surface area contributed by atoms with E-state index in [4.69, 9.17) is 4.74 Å². The summed E-state index contributed by atoms with van der Waals surface area (Å²) in [6.07, 6.45) is 3.92. The van der Waals surface area contributed by atoms with E-state index >= 15 is 0 Å². The van der Waals surface area contributed by atoms with Crippen LogP contribution in [0.15, 0.2) is 24.3 Å². The number of carboxylic acid groups (broad SMARTS) is 1. The van der Waals surface area contributed by atoms with Crippen molar-refractivity contribution in [2.75, 3.05) is 19.7 Å². The molecule has 1 aliphatic carbocycles. The highest BCUT2D eigenvalue weighted by Gasteiger charge is 2.46. The van der Waals surface area contributed by atoms with Crippen molar-refractivity contribution in [1.82, 2.24) is 4.90 Å². The van der Waals surface area contributed by atoms with Crippen LogP contribution in [0.5, 0.6) is 0 Å². The summed E-state index contributed by atoms with van der Waals surface area (Å²) >= 11 is 0. The number of hydrogen-bond donors (Lipinski definition) is 1. The van der Waals surface area contributed by atoms with Crippen LogP contribution in [0.1, 0.15) is 43.8 Å². The second kappa shape index (κ2) is 6.34. The van der Waals surface area contributed by atoms with Gasteiger partial charge in [0.05, 0.1) is 12.7 Å². The van der Waals surface area contributed by atoms with Gasteiger partial charge in [0.15, 0.2) is 0 Å². The fourth-order valence-electron chi connectivity index (χ4n) is 3.76. The van der Waals surface area contributed by atoms with E-state index in [1.807, 2.05) is 4.90 Å². The van der Waals surface area contributed by atoms with E-state index in [9.17, 15) is 14.3 Å². The zero-order chi connectivity index (χ0) is 15.6. The Morgan fingerprint density at radius 1 is 1.27 bits per heavy atom. The number of ether oxygens (including phenoxy) is 1. The minimum atomic E-state index is -0.800. The van der Waals surface area contributed by atoms with Gasteiger partial charge in [0.1, 0.15) is 11.4 Å². The van der Waals surface area contributed by atoms with Gasteiger partial charge in [0, 0.05) is 18.7 Å². The second-order valence-electron chi connectivity index (χ2n) is 6.22. The first-order chi connectivity index (χ1) is 10.6. The third kappa shape index (κ3) is 2.75. The van der Waals surface area contributed by atoms with Crippen molar-refractivity contribution in [3.05, 3.63) is 35.6 Å². The van der Waals surface area contributed by atoms with Crippen LogP contribution in [-0.4, -0.2) is 41.2 Å². The maximum atomic E-state index is 14.0. The maximum absolute atomic E-state index is 14.0. The summed E-state index contributed by atoms with van der Waals surface area (Å²) in [7, 11) is 0. The van der Waals surface area contributed by atoms with E-state index in [2.05, 4.69) is 0 Å². The topological polar surface area (TPSA) is 49.8 Å². The van der Waals surface area contributed by atoms with Crippen molar-refractivity contribution in [2.45, 2.75) is 43.7 Å². The number of aliphatic carboxylic acids is 1. The van der Waals surface area contributed by atoms with E-state index < -0.39 is 17.6 Å². The summed E-state index contributed by atoms with van der Waals surface area (Å²) in [5.41, 5.74) is -0.283. The van der Waals surface area contributed by atoms with E-state index in [-0.39, 0.29) is 5.82 Å². The van der Waals surface area contributed by atoms with Crippen molar-refractivity contribution in [3.63, 3.8) is 0 Å². The molecule has 1 heterocycles. The molecule has 1 atom stereocenters. The average Bonchev–Trinajstić information content (AvgIpc) is 2.56. The standard InChI is InChI=1S/C17H22FNO3/c18-14-7-3-2-6-13(14)15-12-19(10-11-22-15)17(16(20)21)8-4-1-5-9-17/h2-3,6-7,15H,1,4-5,8-12H2,(H,20,21). The quantitative estimate of drug-likeness (QED) is 0.932. The molecular weight excluding hydrogens is 285 g/mol. The van der Waals surface area contributed by atoms with Gasteiger partial charge in [-0.2, -0.15) is 0 Å². The lowest BCUT2D eigenvalue weighted by molar-refractivity contribution is -0.161. The van der Waals surface area contributed by atoms with Crippen molar-refractivity contribution in [2.24, 2.45) is 0 Å². The van der Waals surface area contributed by atoms with E-state index in [0.29, 0.717) is 38.1 Å². The van der Waals surface area contributed by atoms with Gasteiger partial charge in [-0.3, -0.25) is 9.69 Å². The molecule has 5 heteroatoms. The van der Waals surface area contributed by atoms with Gasteiger partial charge in [-0.05, 0) is 18.9 Å². The summed E-state index contributed by atoms with van der Waals surface area (Å²) in [6, 6.07) is 6.58. The number of carbonyl (C=O) groups is 1. The molecule has 2 aliphatic rings. The van der Waals surface area contributed by atoms with Crippen LogP contribution in [0, 0.1) is 5.82 Å². The smallest absolute Gasteiger partial charge is 0.324 e. The Hall–Kier alpha value is -1.46. The lowest BCUT2D eigenvalue weighted by Gasteiger charge is -2.46. The number of benzene rings is 1. The molecule has 4 nitrogen and oxygen atoms in total. The SMILES string of the molecule is O=C(O)C1(N2CCOC(c3ccccc3F)C2)CCCCC1. The first-order valence-electron chi connectivity index (χ1n) is 7.98. The molecular formula is C17H22FNO3. The van der Waals surface area contributed by atoms with Crippen LogP contribution in [-0.2, 0) is 9.53 Å². The van der Waals surface area contributed by atoms with Crippen molar-refractivity contribution in [1.29, 1.82) is 0 Å². The molecule has 1 aromatic carbocycles. The van der Waals surface area contributed by atoms with Crippen LogP contribution in [0.2, 0.25) is 0 Å². The Morgan fingerprint density at radius 2 is 2.00 bits per heavy atom. The predicted molar refractivity (Wildman–Crippen MR) is 80.1 cm³/mol. The Labute approximate surface area is 129 Å². The predicted octanol–water partition coefficient (Wildman–Crippen LogP) is 2.99. The Kier molecular flexibility index (Phi) is 4.45. The van der Waals surface area contributed by atoms with Gasteiger partial charge in [-0.25, -0.2) is 4.39 Å². The summed E-state index contributed by atoms with van der Waals surface area (Å²) in [5.74, 6) is -1.04. The highest BCUT2D eigenvalue weighted by Crippen LogP contribution is 2.37. The Bertz CT molecular complexity index is 542. The molecule has 1 aromatic rings. The summed E-state index contributed by atoms with van der Waals surface area (Å²) in [4.78, 5) is 13.9. The van der Waals surface area contributed by atoms with E-state index in [1.165, 1.54) is 6.07 Å². The largest absolute Gasteiger partial charge is 0.480 e. The first kappa shape index (κ1) is 15.4. The van der Waals surface area contributed by atoms with Crippen molar-refractivity contribution in [3.8, 4) is 0 Å². The molecule has 0 bridgehead atoms. The number of carboxylic acids is 1. The molecule has 1 N–H and O–H groups in total. The number of nitrogens with zero attached hydrogens (tertiary/aromatic N) is 1. The van der Waals surface area contributed by atoms with Gasteiger partial charge in [0.2, 0.25) is 0 Å². The number of morpholine rings is 1. The lowest BCUT2D eigenvalue weighted by Crippen LogP contribution is -2.59. The van der Waals surface area contributed by atoms with Crippen LogP contribution >= 0.6 is 0 Å². The van der Waals surface area contributed by atoms with E-state index in [0.717, 1.165) is 19.3 Å². The summed E-state index contributed by atoms with van der Waals surface area (Å²) in [5, 5.41) is 9.80. The number of halogens is 1. The van der Waals surface area contributed by atoms with Crippen molar-refractivity contribution < 1.29 is 19.0 Å². The fourth-order valence-corrected chi connectivity index (χ4v) is 3.76. The third-order valence-corrected chi connectivity index (χ3v) is 5.00. The summed E-state index contributed by atoms with van der Waals surface area (Å²) < 4.78 is 19.7. The summed E-state index contributed by atoms with van der Waals surface area (Å²) in [6.45, 7) is 1.47. The second-order valence-corrected chi connectivity index (χ2v) is 6.22. The molecule has 3 rings (SSSR count). The molecule has 0 radical (unpaired) electrons. The average molecular weight is 307 g/mol. The van der Waals surface area contributed by atoms with Gasteiger partial charge in [-0.15, -0.1) is 0 Å². The molecule has 1 aliphatic heterocycles. The van der Waals surface area contributed by atoms with Crippen LogP contribution in [0.3, 0.4) is 0 Å². The third-order valence-electron chi connectivity index (χ3n) is 5.00. The first-order valence-corrected chi connectivity index (χ1v) is 7.98. The molecule has 0 aromatic heterocycles. The van der Waals surface area contributed by atoms with Crippen LogP contribution in [0.25, 0.3) is 0 Å². The molecule has 1 saturated heterocycles. The molecule has 1 saturated carbocycles. The van der Waals surface area contributed by atoms with Crippen molar-refractivity contribution >= 4 is 5.97 Å². The molecule has 2 fully saturated rings. The number of rotatable bonds is 3. The van der Waals surface area contributed by atoms with Gasteiger partial charge >= 0.3 is 5.97 Å². The minimum Gasteiger partial charge on any atom is -0.480 e.